The van der Waals surface area contributed by atoms with Crippen LogP contribution in [-0.2, 0) is 20.5 Å². The molecule has 0 bridgehead atoms. The minimum Gasteiger partial charge on any atom is -0.465 e. The molecule has 4 atom stereocenters. The molecular weight excluding hydrogens is 745 g/mol. The van der Waals surface area contributed by atoms with Gasteiger partial charge in [-0.15, -0.1) is 0 Å². The topological polar surface area (TPSA) is 186 Å². The standard InChI is InChI=1S/C40H47F3N8O6/c1-21(2)30(47-38(54)55)36(52)51-19-7-9-29(51)35-46-32(33(49-35)40(41,42)43)26-16-12-24(13-17-26)23-10-14-25(15-11-23)27-20-44-34(45-27)28-8-6-18-50(28)37(53)31(22(3)4)48-39(56)57-5/h10-17,20-22,28-31,47H,6-9,18-19H2,1-5H3,(H,44,45)(H,46,49)(H,48,56)(H,54,55)/t28?,29-,30-,31-/m0/s1. The van der Waals surface area contributed by atoms with Crippen LogP contribution in [0.4, 0.5) is 22.8 Å². The summed E-state index contributed by atoms with van der Waals surface area (Å²) < 4.78 is 47.9. The molecule has 2 saturated heterocycles. The van der Waals surface area contributed by atoms with E-state index in [0.29, 0.717) is 31.6 Å². The number of halogens is 3. The molecule has 304 valence electrons. The number of H-pyrrole nitrogens is 2. The van der Waals surface area contributed by atoms with Crippen molar-refractivity contribution >= 4 is 24.0 Å². The number of carboxylic acid groups (broad SMARTS) is 1. The van der Waals surface area contributed by atoms with Crippen molar-refractivity contribution in [3.63, 3.8) is 0 Å². The fraction of sp³-hybridized carbons (Fsp3) is 0.450. The molecular formula is C40H47F3N8O6. The lowest BCUT2D eigenvalue weighted by Crippen LogP contribution is -2.51. The molecule has 2 aliphatic heterocycles. The second-order valence-corrected chi connectivity index (χ2v) is 15.1. The molecule has 14 nitrogen and oxygen atoms in total. The number of aromatic nitrogens is 4. The van der Waals surface area contributed by atoms with Gasteiger partial charge in [-0.1, -0.05) is 76.2 Å². The van der Waals surface area contributed by atoms with Crippen LogP contribution in [0.1, 0.15) is 82.8 Å². The van der Waals surface area contributed by atoms with Crippen LogP contribution in [0, 0.1) is 11.8 Å². The van der Waals surface area contributed by atoms with Gasteiger partial charge in [0.2, 0.25) is 11.8 Å². The number of nitrogens with one attached hydrogen (secondary N) is 4. The molecule has 0 radical (unpaired) electrons. The number of carbonyl (C=O) groups excluding carboxylic acids is 3. The molecule has 2 aromatic heterocycles. The number of benzene rings is 2. The number of methoxy groups -OCH3 is 1. The number of hydrogen-bond donors (Lipinski definition) is 5. The zero-order valence-corrected chi connectivity index (χ0v) is 32.3. The highest BCUT2D eigenvalue weighted by Crippen LogP contribution is 2.40. The summed E-state index contributed by atoms with van der Waals surface area (Å²) in [6.45, 7) is 7.89. The van der Waals surface area contributed by atoms with Gasteiger partial charge >= 0.3 is 18.4 Å². The first-order valence-electron chi connectivity index (χ1n) is 19.0. The number of alkyl carbamates (subject to hydrolysis) is 1. The first-order valence-corrected chi connectivity index (χ1v) is 19.0. The van der Waals surface area contributed by atoms with Crippen LogP contribution in [0.2, 0.25) is 0 Å². The highest BCUT2D eigenvalue weighted by atomic mass is 19.4. The second kappa shape index (κ2) is 16.7. The average molecular weight is 793 g/mol. The van der Waals surface area contributed by atoms with Gasteiger partial charge in [0.05, 0.1) is 31.1 Å². The van der Waals surface area contributed by atoms with E-state index in [1.54, 1.807) is 49.2 Å². The fourth-order valence-electron chi connectivity index (χ4n) is 7.61. The molecule has 0 spiro atoms. The first kappa shape index (κ1) is 40.8. The monoisotopic (exact) mass is 792 g/mol. The molecule has 1 unspecified atom stereocenters. The molecule has 4 aromatic rings. The zero-order valence-electron chi connectivity index (χ0n) is 32.3. The van der Waals surface area contributed by atoms with Crippen LogP contribution < -0.4 is 10.6 Å². The van der Waals surface area contributed by atoms with Crippen molar-refractivity contribution in [1.82, 2.24) is 40.4 Å². The summed E-state index contributed by atoms with van der Waals surface area (Å²) in [7, 11) is 1.25. The average Bonchev–Trinajstić information content (AvgIpc) is 4.01. The van der Waals surface area contributed by atoms with E-state index in [-0.39, 0.29) is 47.4 Å². The van der Waals surface area contributed by atoms with E-state index >= 15 is 0 Å². The molecule has 2 aliphatic rings. The quantitative estimate of drug-likeness (QED) is 0.106. The maximum absolute atomic E-state index is 14.4. The zero-order chi connectivity index (χ0) is 41.2. The molecule has 17 heteroatoms. The number of likely N-dealkylation sites (tertiary alicyclic amines) is 2. The predicted octanol–water partition coefficient (Wildman–Crippen LogP) is 7.15. The number of hydrogen-bond acceptors (Lipinski definition) is 7. The highest BCUT2D eigenvalue weighted by molar-refractivity contribution is 5.87. The SMILES string of the molecule is COC(=O)N[C@H](C(=O)N1CCCC1c1ncc(-c2ccc(-c3ccc(-c4nc([C@@H]5CCCN5C(=O)[C@@H](NC(=O)O)C(C)C)[nH]c4C(F)(F)F)cc3)cc2)[nH]1)C(C)C. The maximum Gasteiger partial charge on any atom is 0.433 e. The Hall–Kier alpha value is -5.87. The van der Waals surface area contributed by atoms with Crippen molar-refractivity contribution in [3.8, 4) is 33.6 Å². The third-order valence-electron chi connectivity index (χ3n) is 10.6. The van der Waals surface area contributed by atoms with Gasteiger partial charge in [-0.2, -0.15) is 13.2 Å². The van der Waals surface area contributed by atoms with Crippen LogP contribution in [0.3, 0.4) is 0 Å². The van der Waals surface area contributed by atoms with E-state index in [0.717, 1.165) is 28.8 Å². The number of rotatable bonds is 11. The lowest BCUT2D eigenvalue weighted by molar-refractivity contribution is -0.140. The van der Waals surface area contributed by atoms with E-state index in [2.05, 4.69) is 30.6 Å². The summed E-state index contributed by atoms with van der Waals surface area (Å²) in [4.78, 5) is 68.2. The fourth-order valence-corrected chi connectivity index (χ4v) is 7.61. The second-order valence-electron chi connectivity index (χ2n) is 15.1. The van der Waals surface area contributed by atoms with Crippen LogP contribution in [-0.4, -0.2) is 91.1 Å². The summed E-state index contributed by atoms with van der Waals surface area (Å²) in [5.41, 5.74) is 2.09. The van der Waals surface area contributed by atoms with Crippen LogP contribution in [0.5, 0.6) is 0 Å². The Morgan fingerprint density at radius 2 is 1.26 bits per heavy atom. The van der Waals surface area contributed by atoms with E-state index in [1.807, 2.05) is 38.1 Å². The van der Waals surface area contributed by atoms with Crippen molar-refractivity contribution in [1.29, 1.82) is 0 Å². The Balaban J connectivity index is 1.18. The van der Waals surface area contributed by atoms with E-state index in [9.17, 15) is 37.5 Å². The van der Waals surface area contributed by atoms with Crippen LogP contribution in [0.25, 0.3) is 33.6 Å². The maximum atomic E-state index is 14.4. The molecule has 4 heterocycles. The van der Waals surface area contributed by atoms with Gasteiger partial charge in [-0.25, -0.2) is 19.6 Å². The number of imidazole rings is 2. The number of nitrogens with zero attached hydrogens (tertiary/aromatic N) is 4. The van der Waals surface area contributed by atoms with Gasteiger partial charge in [-0.3, -0.25) is 9.59 Å². The minimum absolute atomic E-state index is 0.00907. The number of alkyl halides is 3. The molecule has 0 aliphatic carbocycles. The van der Waals surface area contributed by atoms with E-state index < -0.39 is 48.1 Å². The van der Waals surface area contributed by atoms with Crippen molar-refractivity contribution in [3.05, 3.63) is 72.1 Å². The Labute approximate surface area is 327 Å². The third-order valence-corrected chi connectivity index (χ3v) is 10.6. The van der Waals surface area contributed by atoms with Gasteiger partial charge in [0, 0.05) is 18.7 Å². The van der Waals surface area contributed by atoms with Gasteiger partial charge < -0.3 is 40.2 Å². The van der Waals surface area contributed by atoms with Crippen LogP contribution in [0.15, 0.2) is 54.7 Å². The normalized spacial score (nSPS) is 18.2. The summed E-state index contributed by atoms with van der Waals surface area (Å²) >= 11 is 0. The largest absolute Gasteiger partial charge is 0.465 e. The van der Waals surface area contributed by atoms with E-state index in [1.165, 1.54) is 12.0 Å². The van der Waals surface area contributed by atoms with Crippen molar-refractivity contribution in [2.24, 2.45) is 11.8 Å². The summed E-state index contributed by atoms with van der Waals surface area (Å²) in [5.74, 6) is -0.619. The Kier molecular flexibility index (Phi) is 11.9. The lowest BCUT2D eigenvalue weighted by Gasteiger charge is -2.30. The van der Waals surface area contributed by atoms with Crippen molar-refractivity contribution < 1.29 is 42.2 Å². The molecule has 2 aromatic carbocycles. The number of aromatic amines is 2. The van der Waals surface area contributed by atoms with Gasteiger partial charge in [0.15, 0.2) is 0 Å². The molecule has 4 amide bonds. The van der Waals surface area contributed by atoms with Gasteiger partial charge in [-0.05, 0) is 54.2 Å². The molecule has 2 fully saturated rings. The Bertz CT molecular complexity index is 2080. The molecule has 57 heavy (non-hydrogen) atoms. The summed E-state index contributed by atoms with van der Waals surface area (Å²) in [6, 6.07) is 11.3. The number of carbonyl (C=O) groups is 4. The molecule has 6 rings (SSSR count). The number of amides is 4. The first-order chi connectivity index (χ1) is 27.1. The molecule has 0 saturated carbocycles. The van der Waals surface area contributed by atoms with Gasteiger partial charge in [0.1, 0.15) is 35.1 Å². The lowest BCUT2D eigenvalue weighted by atomic mass is 10.0. The van der Waals surface area contributed by atoms with Crippen molar-refractivity contribution in [2.75, 3.05) is 20.2 Å². The predicted molar refractivity (Wildman–Crippen MR) is 203 cm³/mol. The summed E-state index contributed by atoms with van der Waals surface area (Å²) in [6.07, 6.45) is -2.69. The van der Waals surface area contributed by atoms with Crippen LogP contribution >= 0.6 is 0 Å². The minimum atomic E-state index is -4.76. The third kappa shape index (κ3) is 8.76. The van der Waals surface area contributed by atoms with Gasteiger partial charge in [0.25, 0.3) is 0 Å². The highest BCUT2D eigenvalue weighted by Gasteiger charge is 2.42. The summed E-state index contributed by atoms with van der Waals surface area (Å²) in [5, 5.41) is 14.2. The Morgan fingerprint density at radius 1 is 0.772 bits per heavy atom. The van der Waals surface area contributed by atoms with E-state index in [4.69, 9.17) is 4.74 Å². The smallest absolute Gasteiger partial charge is 0.433 e. The Morgan fingerprint density at radius 3 is 1.75 bits per heavy atom. The molecule has 5 N–H and O–H groups in total. The van der Waals surface area contributed by atoms with Crippen molar-refractivity contribution in [2.45, 2.75) is 83.7 Å². The number of ether oxygens (including phenoxy) is 1.